The van der Waals surface area contributed by atoms with Crippen LogP contribution in [-0.2, 0) is 6.42 Å². The van der Waals surface area contributed by atoms with Crippen molar-refractivity contribution in [3.05, 3.63) is 77.9 Å². The Morgan fingerprint density at radius 3 is 2.14 bits per heavy atom. The molecule has 37 heavy (non-hydrogen) atoms. The van der Waals surface area contributed by atoms with Gasteiger partial charge in [0.2, 0.25) is 0 Å². The minimum atomic E-state index is -0.340. The summed E-state index contributed by atoms with van der Waals surface area (Å²) in [6.07, 6.45) is 2.95. The highest BCUT2D eigenvalue weighted by Crippen LogP contribution is 2.38. The molecule has 5 nitrogen and oxygen atoms in total. The zero-order valence-corrected chi connectivity index (χ0v) is 23.0. The van der Waals surface area contributed by atoms with Crippen LogP contribution in [0.1, 0.15) is 35.7 Å². The van der Waals surface area contributed by atoms with Gasteiger partial charge in [-0.25, -0.2) is 0 Å². The van der Waals surface area contributed by atoms with E-state index in [1.807, 2.05) is 18.2 Å². The lowest BCUT2D eigenvalue weighted by atomic mass is 9.92. The van der Waals surface area contributed by atoms with Crippen LogP contribution in [0, 0.1) is 0 Å². The maximum Gasteiger partial charge on any atom is 0.251 e. The van der Waals surface area contributed by atoms with Crippen LogP contribution in [0.25, 0.3) is 21.5 Å². The van der Waals surface area contributed by atoms with E-state index in [4.69, 9.17) is 10.5 Å². The number of carbonyl (C=O) groups is 1. The van der Waals surface area contributed by atoms with Gasteiger partial charge in [0.05, 0.1) is 24.0 Å². The highest BCUT2D eigenvalue weighted by atomic mass is 35.5. The summed E-state index contributed by atoms with van der Waals surface area (Å²) in [5.74, 6) is 0.547. The monoisotopic (exact) mass is 539 g/mol. The van der Waals surface area contributed by atoms with Gasteiger partial charge in [0.1, 0.15) is 5.75 Å². The fraction of sp³-hybridized carbons (Fsp3) is 0.300. The minimum absolute atomic E-state index is 0. The Balaban J connectivity index is 0.00000190. The SMILES string of the molecule is CCCCc1cc2cc3ccccc3cc2c(N2CCN(c3ccccc3OC)CC2)c1C(N)=O.Cl.Cl. The van der Waals surface area contributed by atoms with Gasteiger partial charge < -0.3 is 20.3 Å². The van der Waals surface area contributed by atoms with Gasteiger partial charge in [-0.15, -0.1) is 24.8 Å². The van der Waals surface area contributed by atoms with Gasteiger partial charge in [0.15, 0.2) is 0 Å². The summed E-state index contributed by atoms with van der Waals surface area (Å²) in [5.41, 5.74) is 9.91. The summed E-state index contributed by atoms with van der Waals surface area (Å²) in [4.78, 5) is 17.6. The number of amides is 1. The lowest BCUT2D eigenvalue weighted by Crippen LogP contribution is -2.47. The van der Waals surface area contributed by atoms with Crippen LogP contribution >= 0.6 is 24.8 Å². The third-order valence-electron chi connectivity index (χ3n) is 7.13. The molecule has 196 valence electrons. The van der Waals surface area contributed by atoms with Gasteiger partial charge in [0.25, 0.3) is 5.91 Å². The van der Waals surface area contributed by atoms with E-state index < -0.39 is 0 Å². The van der Waals surface area contributed by atoms with Gasteiger partial charge in [0, 0.05) is 31.6 Å². The van der Waals surface area contributed by atoms with E-state index >= 15 is 0 Å². The molecule has 7 heteroatoms. The van der Waals surface area contributed by atoms with E-state index in [0.29, 0.717) is 5.56 Å². The van der Waals surface area contributed by atoms with Gasteiger partial charge in [-0.1, -0.05) is 55.8 Å². The van der Waals surface area contributed by atoms with Crippen LogP contribution in [0.2, 0.25) is 0 Å². The first-order valence-corrected chi connectivity index (χ1v) is 12.5. The fourth-order valence-corrected chi connectivity index (χ4v) is 5.36. The molecule has 1 saturated heterocycles. The van der Waals surface area contributed by atoms with Crippen LogP contribution in [0.15, 0.2) is 66.7 Å². The molecule has 4 aromatic carbocycles. The van der Waals surface area contributed by atoms with Crippen LogP contribution in [0.3, 0.4) is 0 Å². The molecule has 0 spiro atoms. The van der Waals surface area contributed by atoms with Gasteiger partial charge in [-0.05, 0) is 58.8 Å². The van der Waals surface area contributed by atoms with Crippen molar-refractivity contribution in [2.24, 2.45) is 5.73 Å². The van der Waals surface area contributed by atoms with Crippen LogP contribution in [-0.4, -0.2) is 39.2 Å². The molecule has 0 radical (unpaired) electrons. The summed E-state index contributed by atoms with van der Waals surface area (Å²) < 4.78 is 5.60. The number of anilines is 2. The van der Waals surface area contributed by atoms with E-state index in [1.54, 1.807) is 7.11 Å². The van der Waals surface area contributed by atoms with Crippen LogP contribution in [0.4, 0.5) is 11.4 Å². The molecule has 0 aliphatic carbocycles. The molecule has 1 fully saturated rings. The first-order chi connectivity index (χ1) is 17.1. The summed E-state index contributed by atoms with van der Waals surface area (Å²) in [6, 6.07) is 23.2. The standard InChI is InChI=1S/C30H33N3O2.2ClH/c1-3-4-9-23-19-24-18-21-10-5-6-11-22(21)20-25(24)29(28(23)30(31)34)33-16-14-32(15-17-33)26-12-7-8-13-27(26)35-2;;/h5-8,10-13,18-20H,3-4,9,14-17H2,1-2H3,(H2,31,34);2*1H. The second-order valence-corrected chi connectivity index (χ2v) is 9.29. The van der Waals surface area contributed by atoms with E-state index in [1.165, 1.54) is 16.2 Å². The maximum absolute atomic E-state index is 12.9. The largest absolute Gasteiger partial charge is 0.495 e. The van der Waals surface area contributed by atoms with Crippen molar-refractivity contribution in [3.8, 4) is 5.75 Å². The highest BCUT2D eigenvalue weighted by molar-refractivity contribution is 6.12. The molecule has 2 N–H and O–H groups in total. The zero-order valence-electron chi connectivity index (χ0n) is 21.4. The summed E-state index contributed by atoms with van der Waals surface area (Å²) >= 11 is 0. The number of unbranched alkanes of at least 4 members (excludes halogenated alkanes) is 1. The summed E-state index contributed by atoms with van der Waals surface area (Å²) in [7, 11) is 1.71. The third-order valence-corrected chi connectivity index (χ3v) is 7.13. The lowest BCUT2D eigenvalue weighted by molar-refractivity contribution is 0.1000. The predicted molar refractivity (Wildman–Crippen MR) is 160 cm³/mol. The van der Waals surface area contributed by atoms with Crippen molar-refractivity contribution >= 4 is 63.6 Å². The number of hydrogen-bond acceptors (Lipinski definition) is 4. The minimum Gasteiger partial charge on any atom is -0.495 e. The number of primary amides is 1. The lowest BCUT2D eigenvalue weighted by Gasteiger charge is -2.39. The number of halogens is 2. The molecule has 1 aliphatic rings. The Labute approximate surface area is 231 Å². The number of rotatable bonds is 7. The number of fused-ring (bicyclic) bond motifs is 2. The Bertz CT molecular complexity index is 1380. The third kappa shape index (κ3) is 5.58. The number of aryl methyl sites for hydroxylation is 1. The van der Waals surface area contributed by atoms with Crippen molar-refractivity contribution < 1.29 is 9.53 Å². The molecule has 1 aliphatic heterocycles. The normalized spacial score (nSPS) is 13.2. The van der Waals surface area contributed by atoms with Gasteiger partial charge in [-0.2, -0.15) is 0 Å². The second kappa shape index (κ2) is 12.4. The van der Waals surface area contributed by atoms with Crippen molar-refractivity contribution in [2.45, 2.75) is 26.2 Å². The van der Waals surface area contributed by atoms with Crippen molar-refractivity contribution in [1.82, 2.24) is 0 Å². The number of nitrogens with zero attached hydrogens (tertiary/aromatic N) is 2. The molecule has 0 aromatic heterocycles. The van der Waals surface area contributed by atoms with Gasteiger partial charge >= 0.3 is 0 Å². The van der Waals surface area contributed by atoms with Crippen LogP contribution in [0.5, 0.6) is 5.75 Å². The number of nitrogens with two attached hydrogens (primary N) is 1. The first-order valence-electron chi connectivity index (χ1n) is 12.5. The number of hydrogen-bond donors (Lipinski definition) is 1. The molecular formula is C30H35Cl2N3O2. The number of benzene rings is 4. The molecular weight excluding hydrogens is 505 g/mol. The predicted octanol–water partition coefficient (Wildman–Crippen LogP) is 6.61. The number of methoxy groups -OCH3 is 1. The van der Waals surface area contributed by atoms with E-state index in [0.717, 1.165) is 73.5 Å². The van der Waals surface area contributed by atoms with Crippen molar-refractivity contribution in [3.63, 3.8) is 0 Å². The van der Waals surface area contributed by atoms with Gasteiger partial charge in [-0.3, -0.25) is 4.79 Å². The van der Waals surface area contributed by atoms with E-state index in [9.17, 15) is 4.79 Å². The van der Waals surface area contributed by atoms with E-state index in [2.05, 4.69) is 65.3 Å². The Kier molecular flexibility index (Phi) is 9.52. The zero-order chi connectivity index (χ0) is 24.4. The van der Waals surface area contributed by atoms with Crippen molar-refractivity contribution in [2.75, 3.05) is 43.1 Å². The molecule has 0 unspecified atom stereocenters. The maximum atomic E-state index is 12.9. The highest BCUT2D eigenvalue weighted by Gasteiger charge is 2.26. The topological polar surface area (TPSA) is 58.8 Å². The average molecular weight is 541 g/mol. The molecule has 0 bridgehead atoms. The molecule has 4 aromatic rings. The summed E-state index contributed by atoms with van der Waals surface area (Å²) in [5, 5.41) is 4.65. The molecule has 1 amide bonds. The Hall–Kier alpha value is -3.15. The summed E-state index contributed by atoms with van der Waals surface area (Å²) in [6.45, 7) is 5.46. The number of para-hydroxylation sites is 2. The van der Waals surface area contributed by atoms with Crippen LogP contribution < -0.4 is 20.3 Å². The molecule has 0 atom stereocenters. The molecule has 5 rings (SSSR count). The second-order valence-electron chi connectivity index (χ2n) is 9.29. The smallest absolute Gasteiger partial charge is 0.251 e. The Morgan fingerprint density at radius 2 is 1.49 bits per heavy atom. The van der Waals surface area contributed by atoms with Crippen molar-refractivity contribution in [1.29, 1.82) is 0 Å². The molecule has 1 heterocycles. The number of piperazine rings is 1. The Morgan fingerprint density at radius 1 is 0.865 bits per heavy atom. The number of carbonyl (C=O) groups excluding carboxylic acids is 1. The number of ether oxygens (including phenoxy) is 1. The molecule has 0 saturated carbocycles. The quantitative estimate of drug-likeness (QED) is 0.268. The van der Waals surface area contributed by atoms with E-state index in [-0.39, 0.29) is 30.7 Å². The fourth-order valence-electron chi connectivity index (χ4n) is 5.36. The average Bonchev–Trinajstić information content (AvgIpc) is 2.89. The first kappa shape index (κ1) is 28.4.